The molecule has 5 rings (SSSR count). The van der Waals surface area contributed by atoms with Crippen molar-refractivity contribution in [3.63, 3.8) is 0 Å². The summed E-state index contributed by atoms with van der Waals surface area (Å²) in [7, 11) is 0. The number of nitrogens with one attached hydrogen (secondary N) is 1. The minimum atomic E-state index is -0.716. The van der Waals surface area contributed by atoms with Crippen molar-refractivity contribution in [2.75, 3.05) is 11.4 Å². The number of carbonyl (C=O) groups excluding carboxylic acids is 3. The quantitative estimate of drug-likeness (QED) is 0.474. The Kier molecular flexibility index (Phi) is 6.97. The molecule has 36 heavy (non-hydrogen) atoms. The van der Waals surface area contributed by atoms with Crippen LogP contribution in [-0.2, 0) is 16.1 Å². The Morgan fingerprint density at radius 3 is 2.50 bits per heavy atom. The molecule has 2 aliphatic rings. The lowest BCUT2D eigenvalue weighted by Crippen LogP contribution is -2.52. The summed E-state index contributed by atoms with van der Waals surface area (Å²) in [4.78, 5) is 43.4. The Morgan fingerprint density at radius 2 is 1.75 bits per heavy atom. The molecule has 1 fully saturated rings. The normalized spacial score (nSPS) is 16.3. The first-order valence-electron chi connectivity index (χ1n) is 12.6. The zero-order valence-corrected chi connectivity index (χ0v) is 21.1. The average Bonchev–Trinajstić information content (AvgIpc) is 3.16. The van der Waals surface area contributed by atoms with E-state index >= 15 is 0 Å². The maximum atomic E-state index is 13.8. The Morgan fingerprint density at radius 1 is 1.03 bits per heavy atom. The van der Waals surface area contributed by atoms with Gasteiger partial charge in [0.1, 0.15) is 12.6 Å². The van der Waals surface area contributed by atoms with Gasteiger partial charge in [0.15, 0.2) is 0 Å². The predicted molar refractivity (Wildman–Crippen MR) is 142 cm³/mol. The highest BCUT2D eigenvalue weighted by molar-refractivity contribution is 6.31. The minimum Gasteiger partial charge on any atom is -0.352 e. The summed E-state index contributed by atoms with van der Waals surface area (Å²) in [6, 6.07) is 18.1. The third-order valence-corrected chi connectivity index (χ3v) is 7.73. The Balaban J connectivity index is 1.40. The van der Waals surface area contributed by atoms with Crippen molar-refractivity contribution in [1.29, 1.82) is 0 Å². The highest BCUT2D eigenvalue weighted by Crippen LogP contribution is 2.37. The van der Waals surface area contributed by atoms with Gasteiger partial charge in [-0.2, -0.15) is 0 Å². The molecular formula is C29H30ClN3O3. The molecule has 3 aromatic rings. The van der Waals surface area contributed by atoms with Crippen molar-refractivity contribution in [1.82, 2.24) is 10.2 Å². The van der Waals surface area contributed by atoms with E-state index < -0.39 is 6.04 Å². The first-order valence-corrected chi connectivity index (χ1v) is 13.0. The molecule has 3 aromatic carbocycles. The minimum absolute atomic E-state index is 0.137. The Bertz CT molecular complexity index is 1310. The monoisotopic (exact) mass is 503 g/mol. The Hall–Kier alpha value is -3.38. The molecule has 1 N–H and O–H groups in total. The van der Waals surface area contributed by atoms with Gasteiger partial charge in [-0.05, 0) is 48.9 Å². The van der Waals surface area contributed by atoms with Gasteiger partial charge in [0.2, 0.25) is 11.8 Å². The second kappa shape index (κ2) is 10.3. The number of amides is 3. The summed E-state index contributed by atoms with van der Waals surface area (Å²) in [5, 5.41) is 5.49. The lowest BCUT2D eigenvalue weighted by molar-refractivity contribution is -0.139. The summed E-state index contributed by atoms with van der Waals surface area (Å²) in [6.45, 7) is 1.77. The molecule has 6 nitrogen and oxygen atoms in total. The number of halogens is 1. The molecule has 1 unspecified atom stereocenters. The van der Waals surface area contributed by atoms with E-state index in [0.717, 1.165) is 47.7 Å². The maximum Gasteiger partial charge on any atom is 0.259 e. The molecule has 0 bridgehead atoms. The molecule has 7 heteroatoms. The molecule has 1 atom stereocenters. The fourth-order valence-corrected chi connectivity index (χ4v) is 5.52. The van der Waals surface area contributed by atoms with Gasteiger partial charge in [-0.3, -0.25) is 19.3 Å². The lowest BCUT2D eigenvalue weighted by Gasteiger charge is -2.32. The predicted octanol–water partition coefficient (Wildman–Crippen LogP) is 5.32. The molecule has 3 amide bonds. The van der Waals surface area contributed by atoms with E-state index in [4.69, 9.17) is 11.6 Å². The van der Waals surface area contributed by atoms with Crippen molar-refractivity contribution in [3.8, 4) is 0 Å². The van der Waals surface area contributed by atoms with Crippen LogP contribution >= 0.6 is 11.6 Å². The van der Waals surface area contributed by atoms with Crippen molar-refractivity contribution in [2.24, 2.45) is 0 Å². The largest absolute Gasteiger partial charge is 0.352 e. The van der Waals surface area contributed by atoms with Crippen LogP contribution in [0, 0.1) is 0 Å². The van der Waals surface area contributed by atoms with Gasteiger partial charge in [0.25, 0.3) is 5.91 Å². The third-order valence-electron chi connectivity index (χ3n) is 7.36. The standard InChI is InChI=1S/C29H30ClN3O3/c1-19(28(35)31-22-12-3-2-4-13-22)32(17-21-9-5-6-15-24(21)30)26(34)18-33-25-16-8-11-20-10-7-14-23(27(20)25)29(33)36/h5-11,14-16,19,22H,2-4,12-13,17-18H2,1H3,(H,31,35). The van der Waals surface area contributed by atoms with Gasteiger partial charge in [-0.25, -0.2) is 0 Å². The molecular weight excluding hydrogens is 474 g/mol. The molecule has 1 aliphatic carbocycles. The first-order chi connectivity index (χ1) is 17.4. The topological polar surface area (TPSA) is 69.7 Å². The summed E-state index contributed by atoms with van der Waals surface area (Å²) < 4.78 is 0. The van der Waals surface area contributed by atoms with E-state index in [1.54, 1.807) is 19.1 Å². The van der Waals surface area contributed by atoms with Crippen LogP contribution in [0.1, 0.15) is 54.9 Å². The number of anilines is 1. The third kappa shape index (κ3) is 4.70. The van der Waals surface area contributed by atoms with Crippen molar-refractivity contribution >= 4 is 45.8 Å². The molecule has 0 aromatic heterocycles. The number of carbonyl (C=O) groups is 3. The molecule has 186 valence electrons. The second-order valence-corrected chi connectivity index (χ2v) is 10.1. The van der Waals surface area contributed by atoms with E-state index in [0.29, 0.717) is 10.6 Å². The van der Waals surface area contributed by atoms with Crippen LogP contribution < -0.4 is 10.2 Å². The van der Waals surface area contributed by atoms with Crippen LogP contribution in [0.4, 0.5) is 5.69 Å². The highest BCUT2D eigenvalue weighted by Gasteiger charge is 2.34. The van der Waals surface area contributed by atoms with Gasteiger partial charge in [0, 0.05) is 28.6 Å². The molecule has 1 saturated carbocycles. The first kappa shape index (κ1) is 24.3. The van der Waals surface area contributed by atoms with Crippen LogP contribution in [0.5, 0.6) is 0 Å². The summed E-state index contributed by atoms with van der Waals surface area (Å²) in [5.41, 5.74) is 2.07. The van der Waals surface area contributed by atoms with Crippen LogP contribution in [0.3, 0.4) is 0 Å². The van der Waals surface area contributed by atoms with E-state index in [-0.39, 0.29) is 36.9 Å². The fourth-order valence-electron chi connectivity index (χ4n) is 5.32. The number of hydrogen-bond acceptors (Lipinski definition) is 3. The second-order valence-electron chi connectivity index (χ2n) is 9.70. The molecule has 0 radical (unpaired) electrons. The molecule has 1 heterocycles. The fraction of sp³-hybridized carbons (Fsp3) is 0.345. The van der Waals surface area contributed by atoms with E-state index in [9.17, 15) is 14.4 Å². The summed E-state index contributed by atoms with van der Waals surface area (Å²) >= 11 is 6.42. The molecule has 1 aliphatic heterocycles. The van der Waals surface area contributed by atoms with Gasteiger partial charge in [-0.15, -0.1) is 0 Å². The van der Waals surface area contributed by atoms with Crippen LogP contribution in [0.25, 0.3) is 10.8 Å². The van der Waals surface area contributed by atoms with Gasteiger partial charge < -0.3 is 10.2 Å². The number of rotatable bonds is 7. The highest BCUT2D eigenvalue weighted by atomic mass is 35.5. The number of benzene rings is 3. The van der Waals surface area contributed by atoms with Crippen molar-refractivity contribution in [3.05, 3.63) is 76.8 Å². The van der Waals surface area contributed by atoms with Gasteiger partial charge >= 0.3 is 0 Å². The van der Waals surface area contributed by atoms with Crippen LogP contribution in [-0.4, -0.2) is 41.2 Å². The van der Waals surface area contributed by atoms with E-state index in [2.05, 4.69) is 5.32 Å². The zero-order chi connectivity index (χ0) is 25.2. The van der Waals surface area contributed by atoms with E-state index in [1.165, 1.54) is 16.2 Å². The van der Waals surface area contributed by atoms with Crippen LogP contribution in [0.2, 0.25) is 5.02 Å². The van der Waals surface area contributed by atoms with Gasteiger partial charge in [-0.1, -0.05) is 73.3 Å². The summed E-state index contributed by atoms with van der Waals surface area (Å²) in [6.07, 6.45) is 5.32. The molecule has 0 saturated heterocycles. The maximum absolute atomic E-state index is 13.8. The SMILES string of the molecule is CC(C(=O)NC1CCCCC1)N(Cc1ccccc1Cl)C(=O)CN1C(=O)c2cccc3cccc1c23. The van der Waals surface area contributed by atoms with Gasteiger partial charge in [0.05, 0.1) is 5.69 Å². The summed E-state index contributed by atoms with van der Waals surface area (Å²) in [5.74, 6) is -0.688. The number of hydrogen-bond donors (Lipinski definition) is 1. The van der Waals surface area contributed by atoms with Crippen molar-refractivity contribution < 1.29 is 14.4 Å². The van der Waals surface area contributed by atoms with E-state index in [1.807, 2.05) is 48.5 Å². The number of nitrogens with zero attached hydrogens (tertiary/aromatic N) is 2. The Labute approximate surface area is 216 Å². The van der Waals surface area contributed by atoms with Crippen LogP contribution in [0.15, 0.2) is 60.7 Å². The molecule has 0 spiro atoms. The zero-order valence-electron chi connectivity index (χ0n) is 20.4. The van der Waals surface area contributed by atoms with Crippen molar-refractivity contribution in [2.45, 2.75) is 57.7 Å². The lowest BCUT2D eigenvalue weighted by atomic mass is 9.95. The smallest absolute Gasteiger partial charge is 0.259 e. The average molecular weight is 504 g/mol.